The van der Waals surface area contributed by atoms with Crippen molar-refractivity contribution in [3.05, 3.63) is 77.5 Å². The zero-order chi connectivity index (χ0) is 20.2. The molecule has 0 unspecified atom stereocenters. The number of ether oxygens (including phenoxy) is 2. The van der Waals surface area contributed by atoms with Gasteiger partial charge in [0.15, 0.2) is 6.23 Å². The average Bonchev–Trinajstić information content (AvgIpc) is 3.40. The van der Waals surface area contributed by atoms with Gasteiger partial charge >= 0.3 is 5.97 Å². The highest BCUT2D eigenvalue weighted by Crippen LogP contribution is 2.26. The predicted molar refractivity (Wildman–Crippen MR) is 104 cm³/mol. The number of amides is 1. The van der Waals surface area contributed by atoms with Crippen LogP contribution in [0.2, 0.25) is 0 Å². The lowest BCUT2D eigenvalue weighted by molar-refractivity contribution is -0.139. The fraction of sp³-hybridized carbons (Fsp3) is 0.100. The number of nitrogens with zero attached hydrogens (tertiary/aromatic N) is 2. The molecular formula is C20H17N5O4. The summed E-state index contributed by atoms with van der Waals surface area (Å²) < 4.78 is 10.5. The molecule has 2 aromatic carbocycles. The van der Waals surface area contributed by atoms with E-state index in [1.807, 2.05) is 24.3 Å². The number of hydrogen-bond acceptors (Lipinski definition) is 7. The topological polar surface area (TPSA) is 118 Å². The molecular weight excluding hydrogens is 374 g/mol. The van der Waals surface area contributed by atoms with Gasteiger partial charge in [0.1, 0.15) is 17.8 Å². The fourth-order valence-corrected chi connectivity index (χ4v) is 2.77. The molecule has 2 heterocycles. The molecule has 1 fully saturated rings. The van der Waals surface area contributed by atoms with Gasteiger partial charge < -0.3 is 20.1 Å². The Morgan fingerprint density at radius 2 is 1.93 bits per heavy atom. The number of anilines is 1. The Hall–Kier alpha value is -4.14. The molecule has 3 aromatic rings. The molecule has 4 rings (SSSR count). The minimum absolute atomic E-state index is 0.119. The summed E-state index contributed by atoms with van der Waals surface area (Å²) in [5, 5.41) is 11.9. The summed E-state index contributed by atoms with van der Waals surface area (Å²) in [5.41, 5.74) is 2.53. The first-order chi connectivity index (χ1) is 14.1. The van der Waals surface area contributed by atoms with E-state index in [1.165, 1.54) is 6.33 Å². The van der Waals surface area contributed by atoms with Crippen LogP contribution in [-0.4, -0.2) is 34.2 Å². The zero-order valence-corrected chi connectivity index (χ0v) is 15.4. The molecule has 1 amide bonds. The van der Waals surface area contributed by atoms with E-state index in [-0.39, 0.29) is 5.82 Å². The van der Waals surface area contributed by atoms with Crippen LogP contribution in [0.5, 0.6) is 5.75 Å². The first-order valence-electron chi connectivity index (χ1n) is 8.72. The number of esters is 1. The molecule has 1 atom stereocenters. The third-order valence-electron chi connectivity index (χ3n) is 4.26. The van der Waals surface area contributed by atoms with Gasteiger partial charge in [-0.2, -0.15) is 5.10 Å². The maximum absolute atomic E-state index is 12.2. The highest BCUT2D eigenvalue weighted by molar-refractivity contribution is 6.01. The van der Waals surface area contributed by atoms with E-state index >= 15 is 0 Å². The minimum Gasteiger partial charge on any atom is -0.497 e. The van der Waals surface area contributed by atoms with Gasteiger partial charge in [0, 0.05) is 11.3 Å². The third-order valence-corrected chi connectivity index (χ3v) is 4.26. The highest BCUT2D eigenvalue weighted by Gasteiger charge is 2.29. The first-order valence-corrected chi connectivity index (χ1v) is 8.72. The number of aromatic nitrogens is 3. The van der Waals surface area contributed by atoms with E-state index in [0.29, 0.717) is 11.4 Å². The lowest BCUT2D eigenvalue weighted by Gasteiger charge is -2.11. The number of H-pyrrole nitrogens is 1. The molecule has 1 aliphatic heterocycles. The Morgan fingerprint density at radius 1 is 1.17 bits per heavy atom. The van der Waals surface area contributed by atoms with Gasteiger partial charge in [-0.25, -0.2) is 9.78 Å². The number of carbonyl (C=O) groups excluding carboxylic acids is 2. The molecule has 0 radical (unpaired) electrons. The molecule has 0 spiro atoms. The second-order valence-corrected chi connectivity index (χ2v) is 6.17. The van der Waals surface area contributed by atoms with E-state index in [9.17, 15) is 9.59 Å². The zero-order valence-electron chi connectivity index (χ0n) is 15.4. The summed E-state index contributed by atoms with van der Waals surface area (Å²) in [6.45, 7) is 0. The molecule has 0 bridgehead atoms. The second-order valence-electron chi connectivity index (χ2n) is 6.17. The van der Waals surface area contributed by atoms with Crippen molar-refractivity contribution >= 4 is 23.6 Å². The standard InChI is InChI=1S/C20H17N5O4/c1-28-15-8-2-12(3-9-15)10-16-20(27)29-19(24-16)13-4-6-14(7-5-13)23-18(26)17-21-11-22-25-17/h2-11,19,24H,1H3,(H,23,26)(H,21,22,25)/b16-10-/t19-/m1/s1. The number of methoxy groups -OCH3 is 1. The maximum atomic E-state index is 12.2. The summed E-state index contributed by atoms with van der Waals surface area (Å²) in [6, 6.07) is 14.3. The van der Waals surface area contributed by atoms with Gasteiger partial charge in [0.05, 0.1) is 7.11 Å². The number of rotatable bonds is 5. The lowest BCUT2D eigenvalue weighted by atomic mass is 10.1. The third kappa shape index (κ3) is 4.08. The quantitative estimate of drug-likeness (QED) is 0.451. The van der Waals surface area contributed by atoms with Gasteiger partial charge in [-0.15, -0.1) is 0 Å². The van der Waals surface area contributed by atoms with Crippen molar-refractivity contribution in [2.45, 2.75) is 6.23 Å². The van der Waals surface area contributed by atoms with E-state index in [1.54, 1.807) is 37.5 Å². The number of cyclic esters (lactones) is 1. The van der Waals surface area contributed by atoms with Gasteiger partial charge in [0.2, 0.25) is 5.82 Å². The van der Waals surface area contributed by atoms with Crippen molar-refractivity contribution in [2.24, 2.45) is 0 Å². The van der Waals surface area contributed by atoms with Crippen LogP contribution < -0.4 is 15.4 Å². The number of benzene rings is 2. The molecule has 9 heteroatoms. The van der Waals surface area contributed by atoms with Crippen molar-refractivity contribution in [1.29, 1.82) is 0 Å². The number of nitrogens with one attached hydrogen (secondary N) is 3. The number of carbonyl (C=O) groups is 2. The van der Waals surface area contributed by atoms with Crippen LogP contribution >= 0.6 is 0 Å². The Kier molecular flexibility index (Phi) is 4.93. The van der Waals surface area contributed by atoms with Crippen molar-refractivity contribution < 1.29 is 19.1 Å². The van der Waals surface area contributed by atoms with Crippen molar-refractivity contribution in [3.8, 4) is 5.75 Å². The Labute approximate surface area is 165 Å². The maximum Gasteiger partial charge on any atom is 0.356 e. The van der Waals surface area contributed by atoms with E-state index in [4.69, 9.17) is 9.47 Å². The van der Waals surface area contributed by atoms with Crippen molar-refractivity contribution in [2.75, 3.05) is 12.4 Å². The highest BCUT2D eigenvalue weighted by atomic mass is 16.6. The second kappa shape index (κ2) is 7.85. The van der Waals surface area contributed by atoms with Crippen LogP contribution in [0.1, 0.15) is 28.0 Å². The number of hydrogen-bond donors (Lipinski definition) is 3. The van der Waals surface area contributed by atoms with Gasteiger partial charge in [-0.05, 0) is 35.9 Å². The summed E-state index contributed by atoms with van der Waals surface area (Å²) >= 11 is 0. The van der Waals surface area contributed by atoms with Crippen LogP contribution in [-0.2, 0) is 9.53 Å². The molecule has 3 N–H and O–H groups in total. The van der Waals surface area contributed by atoms with Crippen LogP contribution in [0.15, 0.2) is 60.6 Å². The normalized spacial score (nSPS) is 16.9. The van der Waals surface area contributed by atoms with Crippen LogP contribution in [0.4, 0.5) is 5.69 Å². The average molecular weight is 391 g/mol. The first kappa shape index (κ1) is 18.2. The van der Waals surface area contributed by atoms with Gasteiger partial charge in [-0.3, -0.25) is 9.89 Å². The molecule has 1 saturated heterocycles. The summed E-state index contributed by atoms with van der Waals surface area (Å²) in [4.78, 5) is 27.9. The lowest BCUT2D eigenvalue weighted by Crippen LogP contribution is -2.15. The SMILES string of the molecule is COc1ccc(/C=C2\N[C@@H](c3ccc(NC(=O)c4ncn[nH]4)cc3)OC2=O)cc1. The van der Waals surface area contributed by atoms with Crippen molar-refractivity contribution in [3.63, 3.8) is 0 Å². The van der Waals surface area contributed by atoms with E-state index in [2.05, 4.69) is 25.8 Å². The summed E-state index contributed by atoms with van der Waals surface area (Å²) in [5.74, 6) is 0.0233. The summed E-state index contributed by atoms with van der Waals surface area (Å²) in [7, 11) is 1.60. The van der Waals surface area contributed by atoms with Gasteiger partial charge in [-0.1, -0.05) is 24.3 Å². The predicted octanol–water partition coefficient (Wildman–Crippen LogP) is 2.25. The monoisotopic (exact) mass is 391 g/mol. The van der Waals surface area contributed by atoms with Gasteiger partial charge in [0.25, 0.3) is 5.91 Å². The smallest absolute Gasteiger partial charge is 0.356 e. The van der Waals surface area contributed by atoms with E-state index < -0.39 is 18.1 Å². The minimum atomic E-state index is -0.606. The fourth-order valence-electron chi connectivity index (χ4n) is 2.77. The molecule has 29 heavy (non-hydrogen) atoms. The Bertz CT molecular complexity index is 1040. The molecule has 0 saturated carbocycles. The molecule has 9 nitrogen and oxygen atoms in total. The van der Waals surface area contributed by atoms with Crippen LogP contribution in [0, 0.1) is 0 Å². The Balaban J connectivity index is 1.43. The van der Waals surface area contributed by atoms with E-state index in [0.717, 1.165) is 16.9 Å². The Morgan fingerprint density at radius 3 is 2.59 bits per heavy atom. The van der Waals surface area contributed by atoms with Crippen LogP contribution in [0.25, 0.3) is 6.08 Å². The molecule has 0 aliphatic carbocycles. The molecule has 1 aliphatic rings. The molecule has 1 aromatic heterocycles. The number of aromatic amines is 1. The summed E-state index contributed by atoms with van der Waals surface area (Å²) in [6.07, 6.45) is 2.37. The van der Waals surface area contributed by atoms with Crippen LogP contribution in [0.3, 0.4) is 0 Å². The largest absolute Gasteiger partial charge is 0.497 e. The molecule has 146 valence electrons. The van der Waals surface area contributed by atoms with Crippen molar-refractivity contribution in [1.82, 2.24) is 20.5 Å².